The van der Waals surface area contributed by atoms with Crippen molar-refractivity contribution in [3.8, 4) is 22.8 Å². The summed E-state index contributed by atoms with van der Waals surface area (Å²) in [7, 11) is 1.58. The van der Waals surface area contributed by atoms with Crippen molar-refractivity contribution < 1.29 is 19.0 Å². The number of aromatic nitrogens is 2. The SMILES string of the molecule is COc1c(Cl)cccc1Nc1c(-c2ccncc2OC[C@@H]2CCO2)[nH]c2c1C(=O)NCC21CCC1. The Kier molecular flexibility index (Phi) is 5.57. The minimum absolute atomic E-state index is 0.0792. The van der Waals surface area contributed by atoms with E-state index in [1.165, 1.54) is 0 Å². The van der Waals surface area contributed by atoms with Gasteiger partial charge in [0, 0.05) is 42.4 Å². The second-order valence-corrected chi connectivity index (χ2v) is 9.76. The third-order valence-corrected chi connectivity index (χ3v) is 7.66. The molecule has 9 heteroatoms. The molecule has 35 heavy (non-hydrogen) atoms. The monoisotopic (exact) mass is 494 g/mol. The van der Waals surface area contributed by atoms with Gasteiger partial charge in [0.2, 0.25) is 0 Å². The number of ether oxygens (including phenoxy) is 3. The van der Waals surface area contributed by atoms with Gasteiger partial charge in [0.25, 0.3) is 5.91 Å². The Morgan fingerprint density at radius 3 is 2.89 bits per heavy atom. The highest BCUT2D eigenvalue weighted by Gasteiger charge is 2.47. The first kappa shape index (κ1) is 22.2. The molecule has 3 N–H and O–H groups in total. The number of carbonyl (C=O) groups excluding carboxylic acids is 1. The minimum Gasteiger partial charge on any atom is -0.493 e. The van der Waals surface area contributed by atoms with E-state index in [9.17, 15) is 4.79 Å². The van der Waals surface area contributed by atoms with Crippen LogP contribution in [0, 0.1) is 0 Å². The molecule has 182 valence electrons. The second kappa shape index (κ2) is 8.77. The van der Waals surface area contributed by atoms with Crippen LogP contribution in [-0.4, -0.2) is 48.8 Å². The largest absolute Gasteiger partial charge is 0.493 e. The van der Waals surface area contributed by atoms with Crippen molar-refractivity contribution in [2.45, 2.75) is 37.2 Å². The van der Waals surface area contributed by atoms with Gasteiger partial charge < -0.3 is 29.8 Å². The van der Waals surface area contributed by atoms with Crippen LogP contribution in [0.15, 0.2) is 36.7 Å². The summed E-state index contributed by atoms with van der Waals surface area (Å²) in [4.78, 5) is 21.2. The first-order valence-electron chi connectivity index (χ1n) is 11.9. The highest BCUT2D eigenvalue weighted by atomic mass is 35.5. The molecule has 3 aliphatic rings. The summed E-state index contributed by atoms with van der Waals surface area (Å²) in [5.74, 6) is 1.03. The average molecular weight is 495 g/mol. The smallest absolute Gasteiger partial charge is 0.255 e. The van der Waals surface area contributed by atoms with E-state index in [1.54, 1.807) is 25.6 Å². The van der Waals surface area contributed by atoms with Gasteiger partial charge in [-0.15, -0.1) is 0 Å². The number of nitrogens with one attached hydrogen (secondary N) is 3. The van der Waals surface area contributed by atoms with Gasteiger partial charge in [0.1, 0.15) is 12.4 Å². The summed E-state index contributed by atoms with van der Waals surface area (Å²) in [6, 6.07) is 7.40. The number of para-hydroxylation sites is 1. The number of hydrogen-bond donors (Lipinski definition) is 3. The maximum atomic E-state index is 13.2. The van der Waals surface area contributed by atoms with Gasteiger partial charge in [0.15, 0.2) is 5.75 Å². The fraction of sp³-hybridized carbons (Fsp3) is 0.385. The molecule has 6 rings (SSSR count). The Bertz CT molecular complexity index is 1280. The minimum atomic E-state index is -0.108. The molecule has 1 atom stereocenters. The standard InChI is InChI=1S/C26H27ClN4O4/c1-33-23-17(27)4-2-5-18(23)30-22-20-24(26(8-3-9-26)14-29-25(20)32)31-21(22)16-6-10-28-12-19(16)35-13-15-7-11-34-15/h2,4-6,10,12,15,30-31H,3,7-9,11,13-14H2,1H3,(H,29,32)/t15-/m0/s1. The predicted octanol–water partition coefficient (Wildman–Crippen LogP) is 4.82. The van der Waals surface area contributed by atoms with Crippen LogP contribution >= 0.6 is 11.6 Å². The number of nitrogens with zero attached hydrogens (tertiary/aromatic N) is 1. The molecule has 0 bridgehead atoms. The number of methoxy groups -OCH3 is 1. The molecule has 1 saturated heterocycles. The zero-order valence-electron chi connectivity index (χ0n) is 19.4. The van der Waals surface area contributed by atoms with Gasteiger partial charge in [-0.25, -0.2) is 0 Å². The predicted molar refractivity (Wildman–Crippen MR) is 133 cm³/mol. The number of H-pyrrole nitrogens is 1. The normalized spacial score (nSPS) is 19.8. The van der Waals surface area contributed by atoms with Crippen LogP contribution in [0.1, 0.15) is 41.7 Å². The summed E-state index contributed by atoms with van der Waals surface area (Å²) >= 11 is 6.40. The van der Waals surface area contributed by atoms with Crippen LogP contribution < -0.4 is 20.1 Å². The first-order chi connectivity index (χ1) is 17.1. The molecule has 1 aromatic carbocycles. The molecule has 0 unspecified atom stereocenters. The number of halogens is 1. The number of fused-ring (bicyclic) bond motifs is 2. The summed E-state index contributed by atoms with van der Waals surface area (Å²) in [5, 5.41) is 7.07. The number of aromatic amines is 1. The molecule has 0 radical (unpaired) electrons. The number of hydrogen-bond acceptors (Lipinski definition) is 6. The summed E-state index contributed by atoms with van der Waals surface area (Å²) in [5.41, 5.74) is 4.44. The van der Waals surface area contributed by atoms with Gasteiger partial charge >= 0.3 is 0 Å². The molecule has 2 fully saturated rings. The quantitative estimate of drug-likeness (QED) is 0.436. The van der Waals surface area contributed by atoms with Crippen molar-refractivity contribution in [1.29, 1.82) is 0 Å². The van der Waals surface area contributed by atoms with Crippen LogP contribution in [0.4, 0.5) is 11.4 Å². The topological polar surface area (TPSA) is 97.5 Å². The highest BCUT2D eigenvalue weighted by Crippen LogP contribution is 2.51. The number of anilines is 2. The Labute approximate surface area is 208 Å². The maximum Gasteiger partial charge on any atom is 0.255 e. The lowest BCUT2D eigenvalue weighted by molar-refractivity contribution is -0.0720. The lowest BCUT2D eigenvalue weighted by atomic mass is 9.64. The third-order valence-electron chi connectivity index (χ3n) is 7.36. The molecular weight excluding hydrogens is 468 g/mol. The fourth-order valence-electron chi connectivity index (χ4n) is 5.16. The lowest BCUT2D eigenvalue weighted by Gasteiger charge is -2.44. The lowest BCUT2D eigenvalue weighted by Crippen LogP contribution is -2.50. The van der Waals surface area contributed by atoms with Gasteiger partial charge in [0.05, 0.1) is 47.1 Å². The van der Waals surface area contributed by atoms with Crippen LogP contribution in [-0.2, 0) is 10.2 Å². The molecule has 3 aromatic rings. The van der Waals surface area contributed by atoms with Crippen LogP contribution in [0.25, 0.3) is 11.3 Å². The number of carbonyl (C=O) groups is 1. The van der Waals surface area contributed by atoms with Gasteiger partial charge in [-0.2, -0.15) is 0 Å². The van der Waals surface area contributed by atoms with Crippen LogP contribution in [0.2, 0.25) is 5.02 Å². The second-order valence-electron chi connectivity index (χ2n) is 9.35. The summed E-state index contributed by atoms with van der Waals surface area (Å²) < 4.78 is 17.2. The zero-order chi connectivity index (χ0) is 24.0. The van der Waals surface area contributed by atoms with E-state index in [-0.39, 0.29) is 17.4 Å². The third kappa shape index (κ3) is 3.72. The Hall–Kier alpha value is -3.23. The molecule has 1 aliphatic carbocycles. The molecule has 2 aliphatic heterocycles. The van der Waals surface area contributed by atoms with Crippen molar-refractivity contribution in [2.24, 2.45) is 0 Å². The molecular formula is C26H27ClN4O4. The summed E-state index contributed by atoms with van der Waals surface area (Å²) in [6.45, 7) is 1.86. The van der Waals surface area contributed by atoms with Crippen molar-refractivity contribution in [3.63, 3.8) is 0 Å². The van der Waals surface area contributed by atoms with Crippen molar-refractivity contribution in [3.05, 3.63) is 52.9 Å². The van der Waals surface area contributed by atoms with E-state index < -0.39 is 0 Å². The van der Waals surface area contributed by atoms with Gasteiger partial charge in [-0.1, -0.05) is 24.1 Å². The van der Waals surface area contributed by atoms with Gasteiger partial charge in [-0.05, 0) is 31.0 Å². The first-order valence-corrected chi connectivity index (χ1v) is 12.3. The summed E-state index contributed by atoms with van der Waals surface area (Å²) in [6.07, 6.45) is 7.70. The van der Waals surface area contributed by atoms with Crippen LogP contribution in [0.3, 0.4) is 0 Å². The number of amides is 1. The van der Waals surface area contributed by atoms with E-state index >= 15 is 0 Å². The molecule has 1 saturated carbocycles. The van der Waals surface area contributed by atoms with Crippen molar-refractivity contribution in [1.82, 2.24) is 15.3 Å². The highest BCUT2D eigenvalue weighted by molar-refractivity contribution is 6.32. The zero-order valence-corrected chi connectivity index (χ0v) is 20.2. The Morgan fingerprint density at radius 1 is 1.31 bits per heavy atom. The van der Waals surface area contributed by atoms with E-state index in [4.69, 9.17) is 25.8 Å². The number of rotatable bonds is 7. The molecule has 1 amide bonds. The maximum absolute atomic E-state index is 13.2. The average Bonchev–Trinajstić information content (AvgIpc) is 3.18. The Morgan fingerprint density at radius 2 is 2.17 bits per heavy atom. The molecule has 4 heterocycles. The van der Waals surface area contributed by atoms with Crippen LogP contribution in [0.5, 0.6) is 11.5 Å². The van der Waals surface area contributed by atoms with E-state index in [2.05, 4.69) is 20.6 Å². The van der Waals surface area contributed by atoms with E-state index in [0.717, 1.165) is 49.2 Å². The van der Waals surface area contributed by atoms with Crippen molar-refractivity contribution >= 4 is 28.9 Å². The van der Waals surface area contributed by atoms with Gasteiger partial charge in [-0.3, -0.25) is 9.78 Å². The van der Waals surface area contributed by atoms with Crippen molar-refractivity contribution in [2.75, 3.05) is 32.2 Å². The fourth-order valence-corrected chi connectivity index (χ4v) is 5.41. The van der Waals surface area contributed by atoms with E-state index in [0.29, 0.717) is 46.6 Å². The Balaban J connectivity index is 1.50. The number of benzene rings is 1. The van der Waals surface area contributed by atoms with E-state index in [1.807, 2.05) is 18.2 Å². The molecule has 8 nitrogen and oxygen atoms in total. The molecule has 2 aromatic heterocycles. The number of pyridine rings is 1. The molecule has 1 spiro atoms.